The molecule has 272 valence electrons. The van der Waals surface area contributed by atoms with E-state index in [2.05, 4.69) is 177 Å². The second-order valence-electron chi connectivity index (χ2n) is 15.9. The highest BCUT2D eigenvalue weighted by atomic mass is 35.6. The van der Waals surface area contributed by atoms with E-state index in [9.17, 15) is 0 Å². The summed E-state index contributed by atoms with van der Waals surface area (Å²) in [4.78, 5) is 0. The monoisotopic (exact) mass is 732 g/mol. The van der Waals surface area contributed by atoms with Gasteiger partial charge in [-0.1, -0.05) is 72.8 Å². The van der Waals surface area contributed by atoms with Crippen molar-refractivity contribution < 1.29 is 0 Å². The summed E-state index contributed by atoms with van der Waals surface area (Å²) >= 11 is 8.25. The van der Waals surface area contributed by atoms with Crippen LogP contribution in [0, 0.1) is 104 Å². The zero-order valence-corrected chi connectivity index (χ0v) is 36.6. The van der Waals surface area contributed by atoms with Crippen molar-refractivity contribution in [2.24, 2.45) is 0 Å². The molecule has 0 spiro atoms. The van der Waals surface area contributed by atoms with Gasteiger partial charge in [-0.2, -0.15) is 0 Å². The van der Waals surface area contributed by atoms with Crippen molar-refractivity contribution in [2.45, 2.75) is 104 Å². The standard InChI is InChI=1S/C51H57ClSi/c1-28-31(4)37(10)49(38(11)32(28)5)43-16-22-46(23-17-43)53(52,47-24-18-44(19-25-47)50-39(12)33(6)29(2)34(7)40(50)13)48-26-20-45(21-27-48)51-41(14)35(8)30(3)36(9)42(51)15/h16-27H,1-15H3. The molecular formula is C51H57ClSi. The normalized spacial score (nSPS) is 11.8. The van der Waals surface area contributed by atoms with Crippen molar-refractivity contribution in [3.05, 3.63) is 156 Å². The van der Waals surface area contributed by atoms with Gasteiger partial charge in [-0.3, -0.25) is 0 Å². The smallest absolute Gasteiger partial charge is 0.149 e. The molecule has 0 aliphatic heterocycles. The fraction of sp³-hybridized carbons (Fsp3) is 0.294. The summed E-state index contributed by atoms with van der Waals surface area (Å²) in [7, 11) is -2.95. The van der Waals surface area contributed by atoms with E-state index in [0.717, 1.165) is 0 Å². The summed E-state index contributed by atoms with van der Waals surface area (Å²) in [5.74, 6) is 0. The average molecular weight is 734 g/mol. The molecule has 0 saturated carbocycles. The molecule has 0 unspecified atom stereocenters. The maximum atomic E-state index is 8.25. The molecule has 0 nitrogen and oxygen atoms in total. The first-order valence-corrected chi connectivity index (χ1v) is 22.2. The number of hydrogen-bond donors (Lipinski definition) is 0. The molecule has 6 aromatic rings. The lowest BCUT2D eigenvalue weighted by Gasteiger charge is -2.28. The molecule has 0 atom stereocenters. The molecule has 6 aromatic carbocycles. The summed E-state index contributed by atoms with van der Waals surface area (Å²) < 4.78 is 0. The van der Waals surface area contributed by atoms with E-state index in [4.69, 9.17) is 11.1 Å². The van der Waals surface area contributed by atoms with Crippen LogP contribution in [0.15, 0.2) is 72.8 Å². The Bertz CT molecular complexity index is 2050. The molecule has 53 heavy (non-hydrogen) atoms. The molecule has 0 bridgehead atoms. The molecule has 0 fully saturated rings. The Morgan fingerprint density at radius 2 is 0.396 bits per heavy atom. The van der Waals surface area contributed by atoms with E-state index < -0.39 is 7.38 Å². The van der Waals surface area contributed by atoms with Crippen LogP contribution in [0.25, 0.3) is 33.4 Å². The Morgan fingerprint density at radius 1 is 0.245 bits per heavy atom. The summed E-state index contributed by atoms with van der Waals surface area (Å²) in [6.07, 6.45) is 0. The SMILES string of the molecule is Cc1c(C)c(C)c(-c2ccc([Si](Cl)(c3ccc(-c4c(C)c(C)c(C)c(C)c4C)cc3)c3ccc(-c4c(C)c(C)c(C)c(C)c4C)cc3)cc2)c(C)c1C. The summed E-state index contributed by atoms with van der Waals surface area (Å²) in [6.45, 7) is 33.9. The molecular weight excluding hydrogens is 676 g/mol. The van der Waals surface area contributed by atoms with Gasteiger partial charge in [0.25, 0.3) is 0 Å². The van der Waals surface area contributed by atoms with Crippen molar-refractivity contribution in [2.75, 3.05) is 0 Å². The minimum Gasteiger partial charge on any atom is -0.149 e. The molecule has 0 radical (unpaired) electrons. The van der Waals surface area contributed by atoms with E-state index in [1.807, 2.05) is 0 Å². The lowest BCUT2D eigenvalue weighted by molar-refractivity contribution is 1.18. The summed E-state index contributed by atoms with van der Waals surface area (Å²) in [5, 5.41) is 3.59. The summed E-state index contributed by atoms with van der Waals surface area (Å²) in [5.41, 5.74) is 28.4. The highest BCUT2D eigenvalue weighted by Crippen LogP contribution is 2.37. The quantitative estimate of drug-likeness (QED) is 0.0908. The Morgan fingerprint density at radius 3 is 0.566 bits per heavy atom. The van der Waals surface area contributed by atoms with E-state index in [-0.39, 0.29) is 0 Å². The van der Waals surface area contributed by atoms with Gasteiger partial charge in [0, 0.05) is 0 Å². The predicted octanol–water partition coefficient (Wildman–Crippen LogP) is 12.5. The second-order valence-corrected chi connectivity index (χ2v) is 20.6. The molecule has 0 aliphatic carbocycles. The van der Waals surface area contributed by atoms with Crippen molar-refractivity contribution in [1.29, 1.82) is 0 Å². The third-order valence-electron chi connectivity index (χ3n) is 13.7. The lowest BCUT2D eigenvalue weighted by atomic mass is 9.86. The van der Waals surface area contributed by atoms with Gasteiger partial charge in [0.2, 0.25) is 7.38 Å². The molecule has 6 rings (SSSR count). The van der Waals surface area contributed by atoms with Crippen LogP contribution in [0.1, 0.15) is 83.5 Å². The third-order valence-corrected chi connectivity index (χ3v) is 19.1. The van der Waals surface area contributed by atoms with Crippen LogP contribution < -0.4 is 15.6 Å². The van der Waals surface area contributed by atoms with Crippen molar-refractivity contribution >= 4 is 34.0 Å². The molecule has 0 aromatic heterocycles. The Balaban J connectivity index is 1.52. The number of rotatable bonds is 6. The fourth-order valence-corrected chi connectivity index (χ4v) is 12.9. The number of benzene rings is 6. The zero-order valence-electron chi connectivity index (χ0n) is 34.8. The van der Waals surface area contributed by atoms with Gasteiger partial charge in [-0.05, 0) is 236 Å². The number of halogens is 1. The minimum absolute atomic E-state index is 1.20. The van der Waals surface area contributed by atoms with Crippen LogP contribution in [0.4, 0.5) is 0 Å². The van der Waals surface area contributed by atoms with E-state index in [1.165, 1.54) is 132 Å². The minimum atomic E-state index is -2.95. The second kappa shape index (κ2) is 14.2. The van der Waals surface area contributed by atoms with Gasteiger partial charge in [0.1, 0.15) is 0 Å². The third kappa shape index (κ3) is 6.15. The molecule has 0 heterocycles. The molecule has 0 aliphatic rings. The van der Waals surface area contributed by atoms with E-state index >= 15 is 0 Å². The number of hydrogen-bond acceptors (Lipinski definition) is 0. The Kier molecular flexibility index (Phi) is 10.4. The Labute approximate surface area is 326 Å². The first-order valence-electron chi connectivity index (χ1n) is 19.2. The maximum absolute atomic E-state index is 8.25. The van der Waals surface area contributed by atoms with Gasteiger partial charge >= 0.3 is 0 Å². The first-order chi connectivity index (χ1) is 24.9. The highest BCUT2D eigenvalue weighted by molar-refractivity contribution is 7.40. The van der Waals surface area contributed by atoms with Gasteiger partial charge in [-0.25, -0.2) is 0 Å². The van der Waals surface area contributed by atoms with Gasteiger partial charge < -0.3 is 0 Å². The van der Waals surface area contributed by atoms with Gasteiger partial charge in [0.15, 0.2) is 0 Å². The molecule has 0 saturated heterocycles. The Hall–Kier alpha value is -4.17. The first kappa shape index (κ1) is 38.5. The van der Waals surface area contributed by atoms with Crippen LogP contribution >= 0.6 is 11.1 Å². The van der Waals surface area contributed by atoms with Crippen LogP contribution in [-0.4, -0.2) is 7.38 Å². The predicted molar refractivity (Wildman–Crippen MR) is 237 cm³/mol. The fourth-order valence-electron chi connectivity index (χ4n) is 8.90. The van der Waals surface area contributed by atoms with Crippen LogP contribution in [0.2, 0.25) is 0 Å². The topological polar surface area (TPSA) is 0 Å². The van der Waals surface area contributed by atoms with Crippen LogP contribution in [0.3, 0.4) is 0 Å². The van der Waals surface area contributed by atoms with E-state index in [1.54, 1.807) is 0 Å². The largest absolute Gasteiger partial charge is 0.247 e. The van der Waals surface area contributed by atoms with E-state index in [0.29, 0.717) is 0 Å². The zero-order chi connectivity index (χ0) is 38.8. The van der Waals surface area contributed by atoms with Crippen LogP contribution in [0.5, 0.6) is 0 Å². The van der Waals surface area contributed by atoms with Crippen molar-refractivity contribution in [3.63, 3.8) is 0 Å². The molecule has 2 heteroatoms. The van der Waals surface area contributed by atoms with Gasteiger partial charge in [-0.15, -0.1) is 11.1 Å². The summed E-state index contributed by atoms with van der Waals surface area (Å²) in [6, 6.07) is 27.7. The van der Waals surface area contributed by atoms with Crippen LogP contribution in [-0.2, 0) is 0 Å². The van der Waals surface area contributed by atoms with Crippen molar-refractivity contribution in [1.82, 2.24) is 0 Å². The average Bonchev–Trinajstić information content (AvgIpc) is 3.17. The molecule has 0 amide bonds. The lowest BCUT2D eigenvalue weighted by Crippen LogP contribution is -2.62. The molecule has 0 N–H and O–H groups in total. The van der Waals surface area contributed by atoms with Gasteiger partial charge in [0.05, 0.1) is 0 Å². The maximum Gasteiger partial charge on any atom is 0.247 e. The van der Waals surface area contributed by atoms with Crippen molar-refractivity contribution in [3.8, 4) is 33.4 Å². The highest BCUT2D eigenvalue weighted by Gasteiger charge is 2.38.